The third kappa shape index (κ3) is 5.42. The summed E-state index contributed by atoms with van der Waals surface area (Å²) in [6.45, 7) is 6.78. The molecule has 0 unspecified atom stereocenters. The van der Waals surface area contributed by atoms with Gasteiger partial charge >= 0.3 is 0 Å². The molecule has 0 aliphatic carbocycles. The molecule has 132 valence electrons. The molecule has 0 spiro atoms. The first kappa shape index (κ1) is 19.2. The van der Waals surface area contributed by atoms with E-state index >= 15 is 0 Å². The largest absolute Gasteiger partial charge is 0.366 e. The van der Waals surface area contributed by atoms with Crippen molar-refractivity contribution in [2.75, 3.05) is 11.9 Å². The average molecular weight is 378 g/mol. The number of nitrogens with zero attached hydrogens (tertiary/aromatic N) is 1. The molecule has 0 aliphatic heterocycles. The van der Waals surface area contributed by atoms with E-state index in [0.717, 1.165) is 9.21 Å². The van der Waals surface area contributed by atoms with Crippen LogP contribution in [0.15, 0.2) is 49.1 Å². The van der Waals surface area contributed by atoms with Crippen molar-refractivity contribution in [2.45, 2.75) is 19.5 Å². The number of hydrogen-bond acceptors (Lipinski definition) is 4. The highest BCUT2D eigenvalue weighted by Gasteiger charge is 2.21. The molecule has 3 N–H and O–H groups in total. The summed E-state index contributed by atoms with van der Waals surface area (Å²) in [7, 11) is 0. The number of nitrogens with two attached hydrogens (primary N) is 1. The van der Waals surface area contributed by atoms with E-state index in [1.807, 2.05) is 24.0 Å². The molecular formula is C18H20ClN3O2S. The predicted octanol–water partition coefficient (Wildman–Crippen LogP) is 3.52. The molecule has 0 radical (unpaired) electrons. The second-order valence-electron chi connectivity index (χ2n) is 5.53. The van der Waals surface area contributed by atoms with Gasteiger partial charge in [-0.2, -0.15) is 0 Å². The number of hydrogen-bond donors (Lipinski definition) is 2. The van der Waals surface area contributed by atoms with Crippen molar-refractivity contribution in [3.05, 3.63) is 63.8 Å². The summed E-state index contributed by atoms with van der Waals surface area (Å²) in [5.74, 6) is -0.644. The van der Waals surface area contributed by atoms with Gasteiger partial charge in [-0.3, -0.25) is 14.5 Å². The van der Waals surface area contributed by atoms with Crippen LogP contribution in [0.3, 0.4) is 0 Å². The van der Waals surface area contributed by atoms with E-state index < -0.39 is 5.91 Å². The number of anilines is 1. The van der Waals surface area contributed by atoms with Crippen LogP contribution >= 0.6 is 22.9 Å². The molecular weight excluding hydrogens is 358 g/mol. The Bertz CT molecular complexity index is 758. The molecule has 0 saturated heterocycles. The molecule has 25 heavy (non-hydrogen) atoms. The fraction of sp³-hybridized carbons (Fsp3) is 0.222. The van der Waals surface area contributed by atoms with Crippen LogP contribution in [0.1, 0.15) is 22.2 Å². The summed E-state index contributed by atoms with van der Waals surface area (Å²) in [5.41, 5.74) is 6.22. The summed E-state index contributed by atoms with van der Waals surface area (Å²) in [6.07, 6.45) is 1.76. The number of halogens is 1. The van der Waals surface area contributed by atoms with Crippen LogP contribution in [0, 0.1) is 0 Å². The van der Waals surface area contributed by atoms with Crippen molar-refractivity contribution in [3.8, 4) is 0 Å². The Morgan fingerprint density at radius 2 is 2.00 bits per heavy atom. The second kappa shape index (κ2) is 8.80. The van der Waals surface area contributed by atoms with Gasteiger partial charge in [0.2, 0.25) is 11.8 Å². The Morgan fingerprint density at radius 1 is 1.32 bits per heavy atom. The zero-order chi connectivity index (χ0) is 18.4. The van der Waals surface area contributed by atoms with Gasteiger partial charge in [0.25, 0.3) is 0 Å². The topological polar surface area (TPSA) is 75.4 Å². The molecule has 0 fully saturated rings. The minimum atomic E-state index is -0.502. The number of carbonyl (C=O) groups is 2. The first-order valence-electron chi connectivity index (χ1n) is 7.70. The van der Waals surface area contributed by atoms with Gasteiger partial charge in [0, 0.05) is 29.2 Å². The average Bonchev–Trinajstić information content (AvgIpc) is 2.99. The highest BCUT2D eigenvalue weighted by Crippen LogP contribution is 2.23. The Labute approximate surface area is 156 Å². The van der Waals surface area contributed by atoms with E-state index in [2.05, 4.69) is 11.9 Å². The number of rotatable bonds is 8. The zero-order valence-corrected chi connectivity index (χ0v) is 15.4. The molecule has 5 nitrogen and oxygen atoms in total. The van der Waals surface area contributed by atoms with Crippen molar-refractivity contribution in [2.24, 2.45) is 5.73 Å². The lowest BCUT2D eigenvalue weighted by Crippen LogP contribution is -2.41. The molecule has 1 atom stereocenters. The van der Waals surface area contributed by atoms with E-state index in [1.165, 1.54) is 11.3 Å². The van der Waals surface area contributed by atoms with Crippen molar-refractivity contribution in [3.63, 3.8) is 0 Å². The summed E-state index contributed by atoms with van der Waals surface area (Å²) in [6, 6.07) is 9.91. The first-order valence-corrected chi connectivity index (χ1v) is 8.90. The predicted molar refractivity (Wildman–Crippen MR) is 103 cm³/mol. The number of benzene rings is 1. The molecule has 2 amide bonds. The zero-order valence-electron chi connectivity index (χ0n) is 13.9. The molecule has 0 saturated carbocycles. The standard InChI is InChI=1S/C18H20ClN3O2S/c1-3-10-22(11-15-8-9-16(19)25-15)12(2)18(24)21-14-6-4-13(5-7-14)17(20)23/h3-9,12H,1,10-11H2,2H3,(H2,20,23)(H,21,24)/t12-/m1/s1. The van der Waals surface area contributed by atoms with Crippen LogP contribution in [-0.4, -0.2) is 29.3 Å². The van der Waals surface area contributed by atoms with E-state index in [9.17, 15) is 9.59 Å². The monoisotopic (exact) mass is 377 g/mol. The smallest absolute Gasteiger partial charge is 0.248 e. The summed E-state index contributed by atoms with van der Waals surface area (Å²) in [5, 5.41) is 2.85. The lowest BCUT2D eigenvalue weighted by Gasteiger charge is -2.26. The van der Waals surface area contributed by atoms with Gasteiger partial charge < -0.3 is 11.1 Å². The van der Waals surface area contributed by atoms with Gasteiger partial charge in [-0.25, -0.2) is 0 Å². The molecule has 0 aliphatic rings. The Hall–Kier alpha value is -2.15. The van der Waals surface area contributed by atoms with Crippen LogP contribution in [-0.2, 0) is 11.3 Å². The van der Waals surface area contributed by atoms with Gasteiger partial charge in [0.15, 0.2) is 0 Å². The van der Waals surface area contributed by atoms with Crippen molar-refractivity contribution < 1.29 is 9.59 Å². The number of nitrogens with one attached hydrogen (secondary N) is 1. The van der Waals surface area contributed by atoms with Gasteiger partial charge in [-0.15, -0.1) is 17.9 Å². The van der Waals surface area contributed by atoms with Crippen LogP contribution < -0.4 is 11.1 Å². The third-order valence-electron chi connectivity index (χ3n) is 3.72. The number of carbonyl (C=O) groups excluding carboxylic acids is 2. The van der Waals surface area contributed by atoms with Crippen LogP contribution in [0.4, 0.5) is 5.69 Å². The Balaban J connectivity index is 2.04. The summed E-state index contributed by atoms with van der Waals surface area (Å²) in [4.78, 5) is 26.7. The number of thiophene rings is 1. The maximum Gasteiger partial charge on any atom is 0.248 e. The summed E-state index contributed by atoms with van der Waals surface area (Å²) < 4.78 is 0.722. The maximum absolute atomic E-state index is 12.5. The van der Waals surface area contributed by atoms with E-state index in [0.29, 0.717) is 24.3 Å². The van der Waals surface area contributed by atoms with Crippen LogP contribution in [0.25, 0.3) is 0 Å². The number of primary amides is 1. The first-order chi connectivity index (χ1) is 11.9. The highest BCUT2D eigenvalue weighted by atomic mass is 35.5. The van der Waals surface area contributed by atoms with Crippen molar-refractivity contribution in [1.29, 1.82) is 0 Å². The molecule has 1 heterocycles. The molecule has 0 bridgehead atoms. The van der Waals surface area contributed by atoms with Crippen LogP contribution in [0.5, 0.6) is 0 Å². The van der Waals surface area contributed by atoms with Gasteiger partial charge in [0.1, 0.15) is 0 Å². The van der Waals surface area contributed by atoms with Crippen LogP contribution in [0.2, 0.25) is 4.34 Å². The quantitative estimate of drug-likeness (QED) is 0.691. The Kier molecular flexibility index (Phi) is 6.75. The number of amides is 2. The maximum atomic E-state index is 12.5. The lowest BCUT2D eigenvalue weighted by atomic mass is 10.2. The molecule has 2 aromatic rings. The second-order valence-corrected chi connectivity index (χ2v) is 7.33. The highest BCUT2D eigenvalue weighted by molar-refractivity contribution is 7.16. The Morgan fingerprint density at radius 3 is 2.52 bits per heavy atom. The summed E-state index contributed by atoms with van der Waals surface area (Å²) >= 11 is 7.47. The van der Waals surface area contributed by atoms with E-state index in [-0.39, 0.29) is 11.9 Å². The molecule has 1 aromatic carbocycles. The van der Waals surface area contributed by atoms with E-state index in [1.54, 1.807) is 30.3 Å². The minimum absolute atomic E-state index is 0.142. The normalized spacial score (nSPS) is 12.0. The molecule has 1 aromatic heterocycles. The molecule has 7 heteroatoms. The third-order valence-corrected chi connectivity index (χ3v) is 4.93. The lowest BCUT2D eigenvalue weighted by molar-refractivity contribution is -0.120. The fourth-order valence-electron chi connectivity index (χ4n) is 2.29. The fourth-order valence-corrected chi connectivity index (χ4v) is 3.41. The SMILES string of the molecule is C=CCN(Cc1ccc(Cl)s1)[C@H](C)C(=O)Nc1ccc(C(N)=O)cc1. The minimum Gasteiger partial charge on any atom is -0.366 e. The van der Waals surface area contributed by atoms with Gasteiger partial charge in [-0.1, -0.05) is 17.7 Å². The van der Waals surface area contributed by atoms with Crippen molar-refractivity contribution >= 4 is 40.4 Å². The van der Waals surface area contributed by atoms with Crippen molar-refractivity contribution in [1.82, 2.24) is 4.90 Å². The molecule has 2 rings (SSSR count). The van der Waals surface area contributed by atoms with Gasteiger partial charge in [0.05, 0.1) is 10.4 Å². The van der Waals surface area contributed by atoms with E-state index in [4.69, 9.17) is 17.3 Å². The van der Waals surface area contributed by atoms with Gasteiger partial charge in [-0.05, 0) is 43.3 Å².